The largest absolute Gasteiger partial charge is 0.313 e. The van der Waals surface area contributed by atoms with E-state index in [4.69, 9.17) is 0 Å². The third kappa shape index (κ3) is 17.0. The van der Waals surface area contributed by atoms with E-state index in [-0.39, 0.29) is 0 Å². The molecule has 2 nitrogen and oxygen atoms in total. The predicted octanol–water partition coefficient (Wildman–Crippen LogP) is 6.66. The van der Waals surface area contributed by atoms with Gasteiger partial charge < -0.3 is 10.6 Å². The minimum atomic E-state index is 0.561. The molecular formula is C25H48N2. The van der Waals surface area contributed by atoms with Crippen molar-refractivity contribution in [3.8, 4) is 0 Å². The molecule has 2 heteroatoms. The van der Waals surface area contributed by atoms with E-state index in [0.29, 0.717) is 12.0 Å². The van der Waals surface area contributed by atoms with E-state index in [1.54, 1.807) is 0 Å². The van der Waals surface area contributed by atoms with Crippen LogP contribution in [-0.2, 0) is 0 Å². The van der Waals surface area contributed by atoms with Crippen molar-refractivity contribution in [1.29, 1.82) is 0 Å². The summed E-state index contributed by atoms with van der Waals surface area (Å²) in [7, 11) is 0. The molecular weight excluding hydrogens is 328 g/mol. The van der Waals surface area contributed by atoms with Gasteiger partial charge in [-0.05, 0) is 65.2 Å². The van der Waals surface area contributed by atoms with E-state index in [1.807, 2.05) is 0 Å². The van der Waals surface area contributed by atoms with Crippen LogP contribution in [0, 0.1) is 11.8 Å². The molecule has 0 heterocycles. The number of hydrogen-bond acceptors (Lipinski definition) is 2. The summed E-state index contributed by atoms with van der Waals surface area (Å²) in [6.07, 6.45) is 16.8. The van der Waals surface area contributed by atoms with Crippen LogP contribution in [0.4, 0.5) is 0 Å². The highest BCUT2D eigenvalue weighted by atomic mass is 15.0. The molecule has 3 unspecified atom stereocenters. The van der Waals surface area contributed by atoms with E-state index < -0.39 is 0 Å². The highest BCUT2D eigenvalue weighted by molar-refractivity contribution is 5.02. The number of hydrogen-bond donors (Lipinski definition) is 2. The molecule has 0 aromatic heterocycles. The van der Waals surface area contributed by atoms with E-state index >= 15 is 0 Å². The molecule has 0 fully saturated rings. The summed E-state index contributed by atoms with van der Waals surface area (Å²) in [5, 5.41) is 7.18. The number of nitrogens with one attached hydrogen (secondary N) is 2. The van der Waals surface area contributed by atoms with Gasteiger partial charge in [0, 0.05) is 25.7 Å². The molecule has 0 saturated heterocycles. The van der Waals surface area contributed by atoms with Gasteiger partial charge in [-0.15, -0.1) is 0 Å². The van der Waals surface area contributed by atoms with Crippen molar-refractivity contribution in [3.05, 3.63) is 35.5 Å². The van der Waals surface area contributed by atoms with Crippen LogP contribution in [0.1, 0.15) is 87.0 Å². The van der Waals surface area contributed by atoms with Crippen LogP contribution < -0.4 is 10.6 Å². The third-order valence-electron chi connectivity index (χ3n) is 5.30. The zero-order chi connectivity index (χ0) is 20.5. The molecule has 0 rings (SSSR count). The SMILES string of the molecule is CCCC(C)CC=CCC(C)C(C)NCCNC/C=C(\C)CCC=C(C)C. The van der Waals surface area contributed by atoms with Crippen molar-refractivity contribution in [2.75, 3.05) is 19.6 Å². The lowest BCUT2D eigenvalue weighted by molar-refractivity contribution is 0.402. The van der Waals surface area contributed by atoms with E-state index in [2.05, 4.69) is 83.4 Å². The Hall–Kier alpha value is -0.860. The zero-order valence-electron chi connectivity index (χ0n) is 19.4. The first-order chi connectivity index (χ1) is 12.9. The average molecular weight is 377 g/mol. The molecule has 0 amide bonds. The lowest BCUT2D eigenvalue weighted by Crippen LogP contribution is -2.37. The first-order valence-corrected chi connectivity index (χ1v) is 11.2. The molecule has 0 bridgehead atoms. The van der Waals surface area contributed by atoms with Gasteiger partial charge in [-0.25, -0.2) is 0 Å². The number of allylic oxidation sites excluding steroid dienone is 5. The second-order valence-electron chi connectivity index (χ2n) is 8.63. The maximum atomic E-state index is 3.66. The Morgan fingerprint density at radius 2 is 1.63 bits per heavy atom. The van der Waals surface area contributed by atoms with Gasteiger partial charge in [-0.3, -0.25) is 0 Å². The summed E-state index contributed by atoms with van der Waals surface area (Å²) in [5.74, 6) is 1.51. The highest BCUT2D eigenvalue weighted by Gasteiger charge is 2.09. The number of rotatable bonds is 16. The molecule has 158 valence electrons. The van der Waals surface area contributed by atoms with Gasteiger partial charge in [-0.1, -0.05) is 69.1 Å². The maximum Gasteiger partial charge on any atom is 0.0137 e. The normalized spacial score (nSPS) is 15.7. The lowest BCUT2D eigenvalue weighted by atomic mass is 9.97. The minimum absolute atomic E-state index is 0.561. The molecule has 27 heavy (non-hydrogen) atoms. The summed E-state index contributed by atoms with van der Waals surface area (Å²) in [5.41, 5.74) is 2.90. The molecule has 0 aromatic carbocycles. The molecule has 0 radical (unpaired) electrons. The van der Waals surface area contributed by atoms with Crippen LogP contribution >= 0.6 is 0 Å². The van der Waals surface area contributed by atoms with Crippen LogP contribution in [0.25, 0.3) is 0 Å². The molecule has 3 atom stereocenters. The average Bonchev–Trinajstić information content (AvgIpc) is 2.61. The van der Waals surface area contributed by atoms with Crippen molar-refractivity contribution in [1.82, 2.24) is 10.6 Å². The summed E-state index contributed by atoms with van der Waals surface area (Å²) in [6, 6.07) is 0.561. The molecule has 0 aliphatic carbocycles. The van der Waals surface area contributed by atoms with Crippen LogP contribution in [0.2, 0.25) is 0 Å². The first kappa shape index (κ1) is 26.1. The zero-order valence-corrected chi connectivity index (χ0v) is 19.4. The van der Waals surface area contributed by atoms with Gasteiger partial charge in [0.25, 0.3) is 0 Å². The molecule has 2 N–H and O–H groups in total. The highest BCUT2D eigenvalue weighted by Crippen LogP contribution is 2.13. The minimum Gasteiger partial charge on any atom is -0.313 e. The first-order valence-electron chi connectivity index (χ1n) is 11.2. The summed E-state index contributed by atoms with van der Waals surface area (Å²) in [6.45, 7) is 18.9. The summed E-state index contributed by atoms with van der Waals surface area (Å²) < 4.78 is 0. The van der Waals surface area contributed by atoms with Gasteiger partial charge in [-0.2, -0.15) is 0 Å². The Kier molecular flexibility index (Phi) is 16.7. The topological polar surface area (TPSA) is 24.1 Å². The molecule has 0 spiro atoms. The Bertz CT molecular complexity index is 430. The van der Waals surface area contributed by atoms with Crippen molar-refractivity contribution < 1.29 is 0 Å². The Morgan fingerprint density at radius 3 is 2.30 bits per heavy atom. The second kappa shape index (κ2) is 17.3. The van der Waals surface area contributed by atoms with Crippen LogP contribution in [0.3, 0.4) is 0 Å². The van der Waals surface area contributed by atoms with E-state index in [0.717, 1.165) is 32.0 Å². The lowest BCUT2D eigenvalue weighted by Gasteiger charge is -2.20. The van der Waals surface area contributed by atoms with Gasteiger partial charge in [0.2, 0.25) is 0 Å². The fraction of sp³-hybridized carbons (Fsp3) is 0.760. The Balaban J connectivity index is 3.76. The van der Waals surface area contributed by atoms with Gasteiger partial charge in [0.05, 0.1) is 0 Å². The standard InChI is InChI=1S/C25H48N2/c1-8-12-22(4)14-9-10-16-24(6)25(7)27-20-19-26-18-17-23(5)15-11-13-21(2)3/h9-10,13,17,22,24-27H,8,11-12,14-16,18-20H2,1-7H3/b10-9?,23-17+. The van der Waals surface area contributed by atoms with Crippen LogP contribution in [0.15, 0.2) is 35.5 Å². The Labute approximate surface area is 171 Å². The predicted molar refractivity (Wildman–Crippen MR) is 124 cm³/mol. The van der Waals surface area contributed by atoms with E-state index in [1.165, 1.54) is 43.3 Å². The summed E-state index contributed by atoms with van der Waals surface area (Å²) in [4.78, 5) is 0. The fourth-order valence-corrected chi connectivity index (χ4v) is 3.08. The molecule has 0 aliphatic heterocycles. The molecule has 0 aromatic rings. The maximum absolute atomic E-state index is 3.66. The smallest absolute Gasteiger partial charge is 0.0137 e. The van der Waals surface area contributed by atoms with Gasteiger partial charge in [0.1, 0.15) is 0 Å². The fourth-order valence-electron chi connectivity index (χ4n) is 3.08. The third-order valence-corrected chi connectivity index (χ3v) is 5.30. The monoisotopic (exact) mass is 376 g/mol. The van der Waals surface area contributed by atoms with E-state index in [9.17, 15) is 0 Å². The van der Waals surface area contributed by atoms with Crippen LogP contribution in [0.5, 0.6) is 0 Å². The van der Waals surface area contributed by atoms with Crippen molar-refractivity contribution in [2.45, 2.75) is 93.0 Å². The molecule has 0 aliphatic rings. The van der Waals surface area contributed by atoms with Crippen molar-refractivity contribution >= 4 is 0 Å². The van der Waals surface area contributed by atoms with Gasteiger partial charge >= 0.3 is 0 Å². The quantitative estimate of drug-likeness (QED) is 0.232. The molecule has 0 saturated carbocycles. The van der Waals surface area contributed by atoms with Crippen LogP contribution in [-0.4, -0.2) is 25.7 Å². The Morgan fingerprint density at radius 1 is 0.926 bits per heavy atom. The second-order valence-corrected chi connectivity index (χ2v) is 8.63. The van der Waals surface area contributed by atoms with Gasteiger partial charge in [0.15, 0.2) is 0 Å². The van der Waals surface area contributed by atoms with Crippen molar-refractivity contribution in [3.63, 3.8) is 0 Å². The van der Waals surface area contributed by atoms with Crippen molar-refractivity contribution in [2.24, 2.45) is 11.8 Å². The summed E-state index contributed by atoms with van der Waals surface area (Å²) >= 11 is 0.